The minimum absolute atomic E-state index is 0.112. The van der Waals surface area contributed by atoms with Crippen LogP contribution >= 0.6 is 0 Å². The van der Waals surface area contributed by atoms with Gasteiger partial charge in [0.05, 0.1) is 12.2 Å². The molecule has 0 atom stereocenters. The summed E-state index contributed by atoms with van der Waals surface area (Å²) in [5, 5.41) is 0. The number of carbonyl (C=O) groups is 1. The number of fused-ring (bicyclic) bond motifs is 1. The summed E-state index contributed by atoms with van der Waals surface area (Å²) in [6.45, 7) is 6.43. The van der Waals surface area contributed by atoms with Gasteiger partial charge in [-0.15, -0.1) is 0 Å². The lowest BCUT2D eigenvalue weighted by molar-refractivity contribution is -0.122. The van der Waals surface area contributed by atoms with Crippen LogP contribution in [0.3, 0.4) is 0 Å². The zero-order chi connectivity index (χ0) is 11.7. The van der Waals surface area contributed by atoms with E-state index in [4.69, 9.17) is 0 Å². The molecule has 1 aromatic heterocycles. The Bertz CT molecular complexity index is 404. The van der Waals surface area contributed by atoms with E-state index < -0.39 is 0 Å². The lowest BCUT2D eigenvalue weighted by Crippen LogP contribution is -2.19. The number of Topliss-reactive ketones (excluding diaryl/α,β-unsaturated/α-hetero) is 1. The van der Waals surface area contributed by atoms with E-state index in [9.17, 15) is 4.79 Å². The van der Waals surface area contributed by atoms with Crippen LogP contribution in [-0.4, -0.2) is 15.3 Å². The number of ketones is 1. The molecular weight excluding hydrogens is 200 g/mol. The largest absolute Gasteiger partial charge is 0.325 e. The third kappa shape index (κ3) is 2.04. The van der Waals surface area contributed by atoms with Gasteiger partial charge in [-0.25, -0.2) is 4.98 Å². The molecule has 3 heteroatoms. The highest BCUT2D eigenvalue weighted by molar-refractivity contribution is 5.80. The highest BCUT2D eigenvalue weighted by Crippen LogP contribution is 2.22. The van der Waals surface area contributed by atoms with Crippen molar-refractivity contribution in [3.63, 3.8) is 0 Å². The maximum Gasteiger partial charge on any atom is 0.155 e. The van der Waals surface area contributed by atoms with E-state index in [0.29, 0.717) is 12.3 Å². The van der Waals surface area contributed by atoms with Crippen molar-refractivity contribution in [1.82, 2.24) is 9.55 Å². The standard InChI is InChI=1S/C13H20N2O/c1-9(2)13(16)8-15-10(3)14-11-6-4-5-7-12(11)15/h9H,4-8H2,1-3H3. The van der Waals surface area contributed by atoms with Gasteiger partial charge in [-0.2, -0.15) is 0 Å². The van der Waals surface area contributed by atoms with Gasteiger partial charge in [0.1, 0.15) is 5.82 Å². The third-order valence-corrected chi connectivity index (χ3v) is 3.38. The van der Waals surface area contributed by atoms with Gasteiger partial charge >= 0.3 is 0 Å². The van der Waals surface area contributed by atoms with Crippen LogP contribution in [0, 0.1) is 12.8 Å². The van der Waals surface area contributed by atoms with Gasteiger partial charge < -0.3 is 4.57 Å². The van der Waals surface area contributed by atoms with E-state index in [1.54, 1.807) is 0 Å². The fourth-order valence-electron chi connectivity index (χ4n) is 2.28. The SMILES string of the molecule is Cc1nc2c(n1CC(=O)C(C)C)CCCC2. The molecule has 1 aliphatic carbocycles. The van der Waals surface area contributed by atoms with E-state index in [0.717, 1.165) is 18.7 Å². The summed E-state index contributed by atoms with van der Waals surface area (Å²) in [6, 6.07) is 0. The highest BCUT2D eigenvalue weighted by atomic mass is 16.1. The molecule has 1 aliphatic rings. The maximum atomic E-state index is 11.8. The Balaban J connectivity index is 2.26. The van der Waals surface area contributed by atoms with Crippen LogP contribution < -0.4 is 0 Å². The molecule has 0 radical (unpaired) electrons. The van der Waals surface area contributed by atoms with Gasteiger partial charge in [0.2, 0.25) is 0 Å². The number of hydrogen-bond donors (Lipinski definition) is 0. The maximum absolute atomic E-state index is 11.8. The second kappa shape index (κ2) is 4.40. The van der Waals surface area contributed by atoms with Crippen molar-refractivity contribution in [3.05, 3.63) is 17.2 Å². The van der Waals surface area contributed by atoms with Crippen LogP contribution in [0.2, 0.25) is 0 Å². The molecule has 0 amide bonds. The first-order valence-corrected chi connectivity index (χ1v) is 6.17. The third-order valence-electron chi connectivity index (χ3n) is 3.38. The van der Waals surface area contributed by atoms with Crippen molar-refractivity contribution in [1.29, 1.82) is 0 Å². The minimum atomic E-state index is 0.112. The molecular formula is C13H20N2O. The zero-order valence-corrected chi connectivity index (χ0v) is 10.4. The first-order chi connectivity index (χ1) is 7.59. The zero-order valence-electron chi connectivity index (χ0n) is 10.4. The van der Waals surface area contributed by atoms with Gasteiger partial charge in [-0.1, -0.05) is 13.8 Å². The Morgan fingerprint density at radius 2 is 2.06 bits per heavy atom. The van der Waals surface area contributed by atoms with Crippen LogP contribution in [-0.2, 0) is 24.2 Å². The van der Waals surface area contributed by atoms with Crippen LogP contribution in [0.4, 0.5) is 0 Å². The van der Waals surface area contributed by atoms with Crippen LogP contribution in [0.5, 0.6) is 0 Å². The lowest BCUT2D eigenvalue weighted by atomic mass is 10.0. The molecule has 0 spiro atoms. The normalized spacial score (nSPS) is 15.2. The summed E-state index contributed by atoms with van der Waals surface area (Å²) in [6.07, 6.45) is 4.64. The molecule has 0 saturated carbocycles. The van der Waals surface area contributed by atoms with Crippen molar-refractivity contribution < 1.29 is 4.79 Å². The second-order valence-electron chi connectivity index (χ2n) is 4.97. The van der Waals surface area contributed by atoms with E-state index in [-0.39, 0.29) is 5.92 Å². The fourth-order valence-corrected chi connectivity index (χ4v) is 2.28. The Morgan fingerprint density at radius 1 is 1.38 bits per heavy atom. The topological polar surface area (TPSA) is 34.9 Å². The van der Waals surface area contributed by atoms with Crippen LogP contribution in [0.1, 0.15) is 43.9 Å². The molecule has 0 aliphatic heterocycles. The highest BCUT2D eigenvalue weighted by Gasteiger charge is 2.20. The first-order valence-electron chi connectivity index (χ1n) is 6.17. The van der Waals surface area contributed by atoms with Crippen LogP contribution in [0.25, 0.3) is 0 Å². The fraction of sp³-hybridized carbons (Fsp3) is 0.692. The Kier molecular flexibility index (Phi) is 3.13. The van der Waals surface area contributed by atoms with E-state index in [1.807, 2.05) is 20.8 Å². The Morgan fingerprint density at radius 3 is 2.75 bits per heavy atom. The number of aromatic nitrogens is 2. The number of nitrogens with zero attached hydrogens (tertiary/aromatic N) is 2. The number of imidazole rings is 1. The van der Waals surface area contributed by atoms with Crippen molar-refractivity contribution in [2.24, 2.45) is 5.92 Å². The average molecular weight is 220 g/mol. The molecule has 0 bridgehead atoms. The molecule has 0 fully saturated rings. The van der Waals surface area contributed by atoms with Crippen molar-refractivity contribution in [2.75, 3.05) is 0 Å². The van der Waals surface area contributed by atoms with Gasteiger partial charge in [0.15, 0.2) is 5.78 Å². The van der Waals surface area contributed by atoms with Gasteiger partial charge in [-0.05, 0) is 32.6 Å². The quantitative estimate of drug-likeness (QED) is 0.783. The Labute approximate surface area is 96.9 Å². The van der Waals surface area contributed by atoms with Gasteiger partial charge in [0.25, 0.3) is 0 Å². The predicted molar refractivity (Wildman–Crippen MR) is 63.5 cm³/mol. The van der Waals surface area contributed by atoms with Gasteiger partial charge in [0, 0.05) is 11.6 Å². The summed E-state index contributed by atoms with van der Waals surface area (Å²) in [4.78, 5) is 16.4. The smallest absolute Gasteiger partial charge is 0.155 e. The molecule has 88 valence electrons. The molecule has 1 heterocycles. The molecule has 2 rings (SSSR count). The summed E-state index contributed by atoms with van der Waals surface area (Å²) >= 11 is 0. The number of hydrogen-bond acceptors (Lipinski definition) is 2. The Hall–Kier alpha value is -1.12. The van der Waals surface area contributed by atoms with E-state index in [2.05, 4.69) is 9.55 Å². The molecule has 16 heavy (non-hydrogen) atoms. The van der Waals surface area contributed by atoms with E-state index >= 15 is 0 Å². The summed E-state index contributed by atoms with van der Waals surface area (Å²) < 4.78 is 2.12. The lowest BCUT2D eigenvalue weighted by Gasteiger charge is -2.15. The molecule has 0 N–H and O–H groups in total. The molecule has 3 nitrogen and oxygen atoms in total. The van der Waals surface area contributed by atoms with Crippen LogP contribution in [0.15, 0.2) is 0 Å². The first kappa shape index (κ1) is 11.4. The summed E-state index contributed by atoms with van der Waals surface area (Å²) in [5.74, 6) is 1.41. The molecule has 0 saturated heterocycles. The van der Waals surface area contributed by atoms with Crippen molar-refractivity contribution >= 4 is 5.78 Å². The monoisotopic (exact) mass is 220 g/mol. The number of rotatable bonds is 3. The van der Waals surface area contributed by atoms with Crippen molar-refractivity contribution in [3.8, 4) is 0 Å². The second-order valence-corrected chi connectivity index (χ2v) is 4.97. The molecule has 0 unspecified atom stereocenters. The summed E-state index contributed by atoms with van der Waals surface area (Å²) in [7, 11) is 0. The predicted octanol–water partition coefficient (Wildman–Crippen LogP) is 2.30. The molecule has 0 aromatic carbocycles. The summed E-state index contributed by atoms with van der Waals surface area (Å²) in [5.41, 5.74) is 2.53. The van der Waals surface area contributed by atoms with Crippen molar-refractivity contribution in [2.45, 2.75) is 53.0 Å². The van der Waals surface area contributed by atoms with Gasteiger partial charge in [-0.3, -0.25) is 4.79 Å². The average Bonchev–Trinajstić information content (AvgIpc) is 2.55. The molecule has 1 aromatic rings. The number of aryl methyl sites for hydroxylation is 2. The minimum Gasteiger partial charge on any atom is -0.325 e. The number of carbonyl (C=O) groups excluding carboxylic acids is 1. The van der Waals surface area contributed by atoms with E-state index in [1.165, 1.54) is 24.2 Å².